The van der Waals surface area contributed by atoms with Gasteiger partial charge in [0.1, 0.15) is 0 Å². The van der Waals surface area contributed by atoms with E-state index in [1.807, 2.05) is 6.07 Å². The Morgan fingerprint density at radius 2 is 2.00 bits per heavy atom. The van der Waals surface area contributed by atoms with Gasteiger partial charge in [0.05, 0.1) is 7.11 Å². The zero-order valence-corrected chi connectivity index (χ0v) is 10.9. The van der Waals surface area contributed by atoms with Crippen LogP contribution in [-0.2, 0) is 6.42 Å². The lowest BCUT2D eigenvalue weighted by Crippen LogP contribution is -2.30. The van der Waals surface area contributed by atoms with E-state index in [2.05, 4.69) is 0 Å². The second-order valence-electron chi connectivity index (χ2n) is 5.36. The van der Waals surface area contributed by atoms with Crippen LogP contribution < -0.4 is 4.74 Å². The van der Waals surface area contributed by atoms with Crippen LogP contribution in [0.4, 0.5) is 4.39 Å². The van der Waals surface area contributed by atoms with Gasteiger partial charge in [0.15, 0.2) is 11.6 Å². The number of hydrogen-bond donors (Lipinski definition) is 1. The highest BCUT2D eigenvalue weighted by molar-refractivity contribution is 5.30. The molecule has 1 aromatic carbocycles. The van der Waals surface area contributed by atoms with Crippen LogP contribution in [0, 0.1) is 11.2 Å². The Morgan fingerprint density at radius 1 is 1.28 bits per heavy atom. The molecule has 0 saturated heterocycles. The predicted octanol–water partition coefficient (Wildman–Crippen LogP) is 3.32. The molecule has 100 valence electrons. The minimum atomic E-state index is -0.320. The minimum Gasteiger partial charge on any atom is -0.494 e. The van der Waals surface area contributed by atoms with Crippen LogP contribution in [0.5, 0.6) is 5.75 Å². The molecule has 18 heavy (non-hydrogen) atoms. The van der Waals surface area contributed by atoms with E-state index in [4.69, 9.17) is 4.74 Å². The second kappa shape index (κ2) is 5.70. The molecule has 0 atom stereocenters. The Balaban J connectivity index is 2.14. The van der Waals surface area contributed by atoms with Crippen molar-refractivity contribution in [2.75, 3.05) is 13.7 Å². The number of aliphatic hydroxyl groups excluding tert-OH is 1. The fourth-order valence-corrected chi connectivity index (χ4v) is 2.95. The Labute approximate surface area is 108 Å². The van der Waals surface area contributed by atoms with Crippen LogP contribution in [0.15, 0.2) is 18.2 Å². The van der Waals surface area contributed by atoms with Crippen molar-refractivity contribution in [3.05, 3.63) is 29.6 Å². The highest BCUT2D eigenvalue weighted by Gasteiger charge is 2.31. The summed E-state index contributed by atoms with van der Waals surface area (Å²) in [5, 5.41) is 9.65. The van der Waals surface area contributed by atoms with Gasteiger partial charge in [-0.15, -0.1) is 0 Å². The summed E-state index contributed by atoms with van der Waals surface area (Å²) >= 11 is 0. The third-order valence-electron chi connectivity index (χ3n) is 4.04. The first kappa shape index (κ1) is 13.3. The van der Waals surface area contributed by atoms with Crippen molar-refractivity contribution >= 4 is 0 Å². The van der Waals surface area contributed by atoms with Crippen molar-refractivity contribution in [3.63, 3.8) is 0 Å². The van der Waals surface area contributed by atoms with Crippen molar-refractivity contribution in [3.8, 4) is 5.75 Å². The maximum atomic E-state index is 13.6. The normalized spacial score (nSPS) is 18.6. The molecule has 1 aromatic rings. The van der Waals surface area contributed by atoms with Gasteiger partial charge < -0.3 is 9.84 Å². The molecule has 0 radical (unpaired) electrons. The molecule has 1 saturated carbocycles. The number of methoxy groups -OCH3 is 1. The van der Waals surface area contributed by atoms with Gasteiger partial charge in [0.2, 0.25) is 0 Å². The molecule has 2 rings (SSSR count). The summed E-state index contributed by atoms with van der Waals surface area (Å²) in [6.45, 7) is 0.195. The first-order valence-electron chi connectivity index (χ1n) is 6.62. The van der Waals surface area contributed by atoms with Crippen LogP contribution in [0.2, 0.25) is 0 Å². The van der Waals surface area contributed by atoms with Gasteiger partial charge in [-0.1, -0.05) is 25.3 Å². The van der Waals surface area contributed by atoms with Crippen molar-refractivity contribution in [1.82, 2.24) is 0 Å². The lowest BCUT2D eigenvalue weighted by atomic mass is 9.71. The Kier molecular flexibility index (Phi) is 4.23. The summed E-state index contributed by atoms with van der Waals surface area (Å²) < 4.78 is 18.6. The molecule has 0 spiro atoms. The van der Waals surface area contributed by atoms with Crippen LogP contribution in [-0.4, -0.2) is 18.8 Å². The van der Waals surface area contributed by atoms with Crippen molar-refractivity contribution in [2.45, 2.75) is 38.5 Å². The number of aliphatic hydroxyl groups is 1. The van der Waals surface area contributed by atoms with Gasteiger partial charge in [0, 0.05) is 6.61 Å². The van der Waals surface area contributed by atoms with E-state index >= 15 is 0 Å². The molecule has 0 bridgehead atoms. The van der Waals surface area contributed by atoms with Gasteiger partial charge >= 0.3 is 0 Å². The van der Waals surface area contributed by atoms with E-state index < -0.39 is 0 Å². The molecule has 0 heterocycles. The van der Waals surface area contributed by atoms with E-state index in [-0.39, 0.29) is 23.6 Å². The van der Waals surface area contributed by atoms with Gasteiger partial charge in [0.25, 0.3) is 0 Å². The molecular weight excluding hydrogens is 231 g/mol. The van der Waals surface area contributed by atoms with Crippen molar-refractivity contribution in [2.24, 2.45) is 5.41 Å². The molecule has 1 aliphatic rings. The van der Waals surface area contributed by atoms with Crippen molar-refractivity contribution in [1.29, 1.82) is 0 Å². The summed E-state index contributed by atoms with van der Waals surface area (Å²) in [6, 6.07) is 5.09. The quantitative estimate of drug-likeness (QED) is 0.890. The highest BCUT2D eigenvalue weighted by atomic mass is 19.1. The van der Waals surface area contributed by atoms with Gasteiger partial charge in [-0.2, -0.15) is 0 Å². The number of rotatable bonds is 4. The fraction of sp³-hybridized carbons (Fsp3) is 0.600. The molecule has 0 unspecified atom stereocenters. The van der Waals surface area contributed by atoms with Crippen LogP contribution in [0.3, 0.4) is 0 Å². The fourth-order valence-electron chi connectivity index (χ4n) is 2.95. The zero-order chi connectivity index (χ0) is 13.0. The van der Waals surface area contributed by atoms with E-state index in [0.717, 1.165) is 24.8 Å². The largest absolute Gasteiger partial charge is 0.494 e. The summed E-state index contributed by atoms with van der Waals surface area (Å²) in [7, 11) is 1.47. The summed E-state index contributed by atoms with van der Waals surface area (Å²) in [6.07, 6.45) is 6.41. The van der Waals surface area contributed by atoms with Gasteiger partial charge in [-0.25, -0.2) is 4.39 Å². The monoisotopic (exact) mass is 252 g/mol. The highest BCUT2D eigenvalue weighted by Crippen LogP contribution is 2.39. The van der Waals surface area contributed by atoms with Crippen molar-refractivity contribution < 1.29 is 14.2 Å². The second-order valence-corrected chi connectivity index (χ2v) is 5.36. The van der Waals surface area contributed by atoms with E-state index in [1.165, 1.54) is 32.4 Å². The lowest BCUT2D eigenvalue weighted by molar-refractivity contribution is 0.0822. The molecule has 2 nitrogen and oxygen atoms in total. The molecular formula is C15H21FO2. The van der Waals surface area contributed by atoms with Crippen LogP contribution in [0.1, 0.15) is 37.7 Å². The number of halogens is 1. The maximum absolute atomic E-state index is 13.6. The Bertz CT molecular complexity index is 397. The minimum absolute atomic E-state index is 0.0424. The standard InChI is InChI=1S/C15H21FO2/c1-18-14-6-5-12(9-13(14)16)10-15(11-17)7-3-2-4-8-15/h5-6,9,17H,2-4,7-8,10-11H2,1H3. The number of benzene rings is 1. The lowest BCUT2D eigenvalue weighted by Gasteiger charge is -2.35. The smallest absolute Gasteiger partial charge is 0.165 e. The van der Waals surface area contributed by atoms with Crippen LogP contribution >= 0.6 is 0 Å². The van der Waals surface area contributed by atoms with Gasteiger partial charge in [-0.3, -0.25) is 0 Å². The number of ether oxygens (including phenoxy) is 1. The first-order chi connectivity index (χ1) is 8.69. The van der Waals surface area contributed by atoms with E-state index in [9.17, 15) is 9.50 Å². The SMILES string of the molecule is COc1ccc(CC2(CO)CCCCC2)cc1F. The topological polar surface area (TPSA) is 29.5 Å². The third-order valence-corrected chi connectivity index (χ3v) is 4.04. The van der Waals surface area contributed by atoms with E-state index in [0.29, 0.717) is 0 Å². The summed E-state index contributed by atoms with van der Waals surface area (Å²) in [5.41, 5.74) is 0.906. The molecule has 1 aliphatic carbocycles. The average molecular weight is 252 g/mol. The Morgan fingerprint density at radius 3 is 2.56 bits per heavy atom. The molecule has 1 N–H and O–H groups in total. The molecule has 0 aromatic heterocycles. The Hall–Kier alpha value is -1.09. The average Bonchev–Trinajstić information content (AvgIpc) is 2.40. The predicted molar refractivity (Wildman–Crippen MR) is 69.3 cm³/mol. The molecule has 1 fully saturated rings. The molecule has 0 amide bonds. The van der Waals surface area contributed by atoms with Gasteiger partial charge in [-0.05, 0) is 42.4 Å². The summed E-state index contributed by atoms with van der Waals surface area (Å²) in [4.78, 5) is 0. The van der Waals surface area contributed by atoms with Crippen LogP contribution in [0.25, 0.3) is 0 Å². The maximum Gasteiger partial charge on any atom is 0.165 e. The summed E-state index contributed by atoms with van der Waals surface area (Å²) in [5.74, 6) is -0.0423. The van der Waals surface area contributed by atoms with E-state index in [1.54, 1.807) is 6.07 Å². The molecule has 0 aliphatic heterocycles. The number of hydrogen-bond acceptors (Lipinski definition) is 2. The third kappa shape index (κ3) is 2.83. The zero-order valence-electron chi connectivity index (χ0n) is 10.9. The molecule has 3 heteroatoms. The first-order valence-corrected chi connectivity index (χ1v) is 6.62.